The summed E-state index contributed by atoms with van der Waals surface area (Å²) < 4.78 is 40.5. The van der Waals surface area contributed by atoms with Gasteiger partial charge < -0.3 is 20.6 Å². The minimum Gasteiger partial charge on any atom is -0.389 e. The van der Waals surface area contributed by atoms with Gasteiger partial charge in [0.15, 0.2) is 5.01 Å². The average molecular weight is 540 g/mol. The van der Waals surface area contributed by atoms with E-state index in [0.717, 1.165) is 24.2 Å². The van der Waals surface area contributed by atoms with E-state index < -0.39 is 29.6 Å². The van der Waals surface area contributed by atoms with Crippen molar-refractivity contribution in [2.45, 2.75) is 77.2 Å². The van der Waals surface area contributed by atoms with E-state index in [1.54, 1.807) is 25.7 Å². The SMILES string of the molecule is Cc1cc(N[C@@H](C2CC2)C(F)(F)F)ncc1-c1sc(C(=O)NCC(C)(C)O)nc1C(=O)N1CCC[C@@H]1C. The highest BCUT2D eigenvalue weighted by Gasteiger charge is 2.49. The molecule has 0 spiro atoms. The van der Waals surface area contributed by atoms with Gasteiger partial charge in [0.2, 0.25) is 0 Å². The number of hydrogen-bond donors (Lipinski definition) is 3. The first-order valence-electron chi connectivity index (χ1n) is 12.4. The number of carbonyl (C=O) groups excluding carboxylic acids is 2. The molecule has 2 atom stereocenters. The van der Waals surface area contributed by atoms with Crippen LogP contribution in [0.4, 0.5) is 19.0 Å². The van der Waals surface area contributed by atoms with Crippen molar-refractivity contribution in [1.29, 1.82) is 0 Å². The van der Waals surface area contributed by atoms with Crippen molar-refractivity contribution in [2.24, 2.45) is 5.92 Å². The number of halogens is 3. The van der Waals surface area contributed by atoms with Crippen LogP contribution in [0, 0.1) is 12.8 Å². The summed E-state index contributed by atoms with van der Waals surface area (Å²) in [4.78, 5) is 37.0. The molecule has 1 aliphatic carbocycles. The number of likely N-dealkylation sites (tertiary alicyclic amines) is 1. The summed E-state index contributed by atoms with van der Waals surface area (Å²) in [5.74, 6) is -1.18. The smallest absolute Gasteiger partial charge is 0.389 e. The molecule has 1 aliphatic heterocycles. The number of nitrogens with zero attached hydrogens (tertiary/aromatic N) is 3. The quantitative estimate of drug-likeness (QED) is 0.459. The summed E-state index contributed by atoms with van der Waals surface area (Å²) in [6, 6.07) is -0.104. The van der Waals surface area contributed by atoms with Crippen LogP contribution in [-0.4, -0.2) is 68.7 Å². The minimum atomic E-state index is -4.38. The number of nitrogens with one attached hydrogen (secondary N) is 2. The number of anilines is 1. The second-order valence-corrected chi connectivity index (χ2v) is 11.6. The predicted octanol–water partition coefficient (Wildman–Crippen LogP) is 4.39. The van der Waals surface area contributed by atoms with Gasteiger partial charge in [0.05, 0.1) is 10.5 Å². The number of aliphatic hydroxyl groups is 1. The molecule has 0 unspecified atom stereocenters. The molecule has 8 nitrogen and oxygen atoms in total. The van der Waals surface area contributed by atoms with Gasteiger partial charge in [0, 0.05) is 30.9 Å². The molecule has 2 aromatic heterocycles. The number of carbonyl (C=O) groups is 2. The number of thiazole rings is 1. The Kier molecular flexibility index (Phi) is 7.53. The summed E-state index contributed by atoms with van der Waals surface area (Å²) in [5, 5.41) is 15.2. The maximum atomic E-state index is 13.5. The maximum Gasteiger partial charge on any atom is 0.408 e. The van der Waals surface area contributed by atoms with E-state index in [9.17, 15) is 27.9 Å². The Morgan fingerprint density at radius 3 is 2.51 bits per heavy atom. The monoisotopic (exact) mass is 539 g/mol. The lowest BCUT2D eigenvalue weighted by Gasteiger charge is -2.22. The molecular weight excluding hydrogens is 507 g/mol. The van der Waals surface area contributed by atoms with Crippen LogP contribution in [0.15, 0.2) is 12.3 Å². The zero-order valence-corrected chi connectivity index (χ0v) is 22.1. The molecule has 1 saturated heterocycles. The molecule has 0 radical (unpaired) electrons. The van der Waals surface area contributed by atoms with E-state index in [-0.39, 0.29) is 35.0 Å². The molecule has 2 aliphatic rings. The second-order valence-electron chi connectivity index (χ2n) is 10.6. The Labute approximate surface area is 217 Å². The van der Waals surface area contributed by atoms with Crippen molar-refractivity contribution in [1.82, 2.24) is 20.2 Å². The number of hydrogen-bond acceptors (Lipinski definition) is 7. The number of amides is 2. The van der Waals surface area contributed by atoms with Gasteiger partial charge in [-0.3, -0.25) is 9.59 Å². The van der Waals surface area contributed by atoms with Crippen LogP contribution in [0.25, 0.3) is 10.4 Å². The van der Waals surface area contributed by atoms with Gasteiger partial charge in [-0.2, -0.15) is 13.2 Å². The van der Waals surface area contributed by atoms with E-state index in [4.69, 9.17) is 0 Å². The third kappa shape index (κ3) is 6.40. The van der Waals surface area contributed by atoms with Crippen molar-refractivity contribution in [3.63, 3.8) is 0 Å². The van der Waals surface area contributed by atoms with Gasteiger partial charge in [-0.25, -0.2) is 9.97 Å². The zero-order valence-electron chi connectivity index (χ0n) is 21.3. The molecule has 202 valence electrons. The predicted molar refractivity (Wildman–Crippen MR) is 135 cm³/mol. The maximum absolute atomic E-state index is 13.5. The fourth-order valence-corrected chi connectivity index (χ4v) is 5.46. The van der Waals surface area contributed by atoms with Gasteiger partial charge in [0.25, 0.3) is 11.8 Å². The lowest BCUT2D eigenvalue weighted by atomic mass is 10.1. The number of aryl methyl sites for hydroxylation is 1. The van der Waals surface area contributed by atoms with Crippen molar-refractivity contribution < 1.29 is 27.9 Å². The fraction of sp³-hybridized carbons (Fsp3) is 0.600. The fourth-order valence-electron chi connectivity index (χ4n) is 4.42. The van der Waals surface area contributed by atoms with E-state index >= 15 is 0 Å². The van der Waals surface area contributed by atoms with Gasteiger partial charge in [0.1, 0.15) is 17.6 Å². The Morgan fingerprint density at radius 2 is 1.97 bits per heavy atom. The van der Waals surface area contributed by atoms with Crippen LogP contribution >= 0.6 is 11.3 Å². The Morgan fingerprint density at radius 1 is 1.27 bits per heavy atom. The third-order valence-electron chi connectivity index (χ3n) is 6.62. The van der Waals surface area contributed by atoms with E-state index in [1.807, 2.05) is 6.92 Å². The normalized spacial score (nSPS) is 19.1. The third-order valence-corrected chi connectivity index (χ3v) is 7.71. The molecule has 37 heavy (non-hydrogen) atoms. The summed E-state index contributed by atoms with van der Waals surface area (Å²) in [5.41, 5.74) is 0.112. The van der Waals surface area contributed by atoms with Gasteiger partial charge in [-0.1, -0.05) is 0 Å². The summed E-state index contributed by atoms with van der Waals surface area (Å²) in [6.07, 6.45) is -0.180. The lowest BCUT2D eigenvalue weighted by molar-refractivity contribution is -0.146. The van der Waals surface area contributed by atoms with E-state index in [0.29, 0.717) is 35.4 Å². The Bertz CT molecular complexity index is 1170. The highest BCUT2D eigenvalue weighted by atomic mass is 32.1. The number of pyridine rings is 1. The van der Waals surface area contributed by atoms with Crippen LogP contribution in [0.5, 0.6) is 0 Å². The number of alkyl halides is 3. The standard InChI is InChI=1S/C25H32F3N5O3S/c1-13-10-17(31-20(15-7-8-15)25(26,27)28)29-11-16(13)19-18(23(35)33-9-5-6-14(33)2)32-22(37-19)21(34)30-12-24(3,4)36/h10-11,14-15,20,36H,5-9,12H2,1-4H3,(H,29,31)(H,30,34)/t14-,20-/m0/s1. The highest BCUT2D eigenvalue weighted by molar-refractivity contribution is 7.17. The number of rotatable bonds is 8. The Balaban J connectivity index is 1.66. The molecule has 4 rings (SSSR count). The second kappa shape index (κ2) is 10.2. The van der Waals surface area contributed by atoms with E-state index in [2.05, 4.69) is 20.6 Å². The largest absolute Gasteiger partial charge is 0.408 e. The molecule has 0 aromatic carbocycles. The van der Waals surface area contributed by atoms with Crippen molar-refractivity contribution in [3.8, 4) is 10.4 Å². The first-order valence-corrected chi connectivity index (χ1v) is 13.2. The molecule has 3 heterocycles. The van der Waals surface area contributed by atoms with Crippen LogP contribution in [0.2, 0.25) is 0 Å². The minimum absolute atomic E-state index is 0.00446. The molecule has 12 heteroatoms. The van der Waals surface area contributed by atoms with Gasteiger partial charge in [-0.15, -0.1) is 11.3 Å². The molecule has 2 fully saturated rings. The summed E-state index contributed by atoms with van der Waals surface area (Å²) >= 11 is 1.02. The molecule has 2 amide bonds. The van der Waals surface area contributed by atoms with Crippen LogP contribution in [0.3, 0.4) is 0 Å². The first kappa shape index (κ1) is 27.3. The average Bonchev–Trinajstić information content (AvgIpc) is 3.38. The van der Waals surface area contributed by atoms with Gasteiger partial charge in [-0.05, 0) is 70.9 Å². The molecule has 3 N–H and O–H groups in total. The van der Waals surface area contributed by atoms with Crippen LogP contribution in [0.1, 0.15) is 72.3 Å². The summed E-state index contributed by atoms with van der Waals surface area (Å²) in [6.45, 7) is 7.37. The lowest BCUT2D eigenvalue weighted by Crippen LogP contribution is -2.38. The molecule has 1 saturated carbocycles. The first-order chi connectivity index (χ1) is 17.2. The highest BCUT2D eigenvalue weighted by Crippen LogP contribution is 2.42. The van der Waals surface area contributed by atoms with E-state index in [1.165, 1.54) is 12.3 Å². The van der Waals surface area contributed by atoms with Crippen molar-refractivity contribution in [2.75, 3.05) is 18.4 Å². The molecule has 0 bridgehead atoms. The van der Waals surface area contributed by atoms with Crippen LogP contribution < -0.4 is 10.6 Å². The van der Waals surface area contributed by atoms with Gasteiger partial charge >= 0.3 is 6.18 Å². The molecule has 2 aromatic rings. The Hall–Kier alpha value is -2.73. The number of aromatic nitrogens is 2. The van der Waals surface area contributed by atoms with Crippen molar-refractivity contribution >= 4 is 29.0 Å². The topological polar surface area (TPSA) is 107 Å². The van der Waals surface area contributed by atoms with Crippen molar-refractivity contribution in [3.05, 3.63) is 28.5 Å². The van der Waals surface area contributed by atoms with Crippen LogP contribution in [-0.2, 0) is 0 Å². The summed E-state index contributed by atoms with van der Waals surface area (Å²) in [7, 11) is 0. The molecular formula is C25H32F3N5O3S. The zero-order chi connectivity index (χ0) is 27.1.